The minimum absolute atomic E-state index is 0.362. The molecule has 1 N–H and O–H groups in total. The van der Waals surface area contributed by atoms with Crippen LogP contribution in [0.15, 0.2) is 36.5 Å². The molecule has 1 aromatic heterocycles. The van der Waals surface area contributed by atoms with Crippen molar-refractivity contribution in [3.8, 4) is 5.75 Å². The van der Waals surface area contributed by atoms with Crippen LogP contribution in [-0.2, 0) is 6.54 Å². The van der Waals surface area contributed by atoms with E-state index in [4.69, 9.17) is 4.74 Å². The fourth-order valence-corrected chi connectivity index (χ4v) is 3.24. The van der Waals surface area contributed by atoms with Crippen molar-refractivity contribution < 1.29 is 4.74 Å². The summed E-state index contributed by atoms with van der Waals surface area (Å²) in [5.74, 6) is 2.58. The predicted molar refractivity (Wildman–Crippen MR) is 101 cm³/mol. The molecule has 0 radical (unpaired) electrons. The van der Waals surface area contributed by atoms with Gasteiger partial charge in [0.25, 0.3) is 0 Å². The Morgan fingerprint density at radius 1 is 1.28 bits per heavy atom. The van der Waals surface area contributed by atoms with E-state index >= 15 is 0 Å². The summed E-state index contributed by atoms with van der Waals surface area (Å²) >= 11 is 0. The molecule has 0 amide bonds. The van der Waals surface area contributed by atoms with Crippen LogP contribution in [0.1, 0.15) is 18.4 Å². The maximum absolute atomic E-state index is 5.48. The summed E-state index contributed by atoms with van der Waals surface area (Å²) in [6.07, 6.45) is 4.11. The first-order chi connectivity index (χ1) is 12.2. The normalized spacial score (nSPS) is 18.0. The number of para-hydroxylation sites is 1. The number of rotatable bonds is 6. The highest BCUT2D eigenvalue weighted by atomic mass is 16.5. The Morgan fingerprint density at radius 2 is 2.12 bits per heavy atom. The average molecular weight is 341 g/mol. The number of benzene rings is 1. The molecule has 1 atom stereocenters. The van der Waals surface area contributed by atoms with E-state index in [1.165, 1.54) is 12.0 Å². The van der Waals surface area contributed by atoms with Gasteiger partial charge in [0.05, 0.1) is 7.11 Å². The zero-order valence-corrected chi connectivity index (χ0v) is 15.3. The van der Waals surface area contributed by atoms with E-state index in [0.717, 1.165) is 37.6 Å². The molecule has 1 saturated heterocycles. The fraction of sp³-hybridized carbons (Fsp3) is 0.474. The van der Waals surface area contributed by atoms with Crippen LogP contribution < -0.4 is 15.0 Å². The number of methoxy groups -OCH3 is 1. The second-order valence-electron chi connectivity index (χ2n) is 6.66. The Kier molecular flexibility index (Phi) is 5.71. The highest BCUT2D eigenvalue weighted by Crippen LogP contribution is 2.22. The van der Waals surface area contributed by atoms with Gasteiger partial charge in [-0.05, 0) is 31.5 Å². The van der Waals surface area contributed by atoms with Crippen LogP contribution in [0.5, 0.6) is 5.75 Å². The maximum atomic E-state index is 5.48. The lowest BCUT2D eigenvalue weighted by molar-refractivity contribution is 0.206. The number of nitrogens with one attached hydrogen (secondary N) is 1. The smallest absolute Gasteiger partial charge is 0.224 e. The van der Waals surface area contributed by atoms with E-state index < -0.39 is 0 Å². The van der Waals surface area contributed by atoms with Crippen molar-refractivity contribution in [3.05, 3.63) is 42.1 Å². The standard InChI is InChI=1S/C19H27N5O/c1-23(2)18-10-11-20-19(22-18)21-16-8-6-12-24(14-16)13-15-7-4-5-9-17(15)25-3/h4-5,7,9-11,16H,6,8,12-14H2,1-3H3,(H,20,21,22). The molecule has 3 rings (SSSR count). The summed E-state index contributed by atoms with van der Waals surface area (Å²) < 4.78 is 5.48. The van der Waals surface area contributed by atoms with E-state index in [2.05, 4.69) is 32.3 Å². The lowest BCUT2D eigenvalue weighted by atomic mass is 10.0. The fourth-order valence-electron chi connectivity index (χ4n) is 3.24. The Bertz CT molecular complexity index is 691. The van der Waals surface area contributed by atoms with Gasteiger partial charge in [0.15, 0.2) is 0 Å². The van der Waals surface area contributed by atoms with Crippen LogP contribution in [0.4, 0.5) is 11.8 Å². The van der Waals surface area contributed by atoms with Crippen LogP contribution in [0.25, 0.3) is 0 Å². The number of hydrogen-bond acceptors (Lipinski definition) is 6. The minimum atomic E-state index is 0.362. The molecule has 2 aromatic rings. The van der Waals surface area contributed by atoms with Crippen molar-refractivity contribution in [1.29, 1.82) is 0 Å². The van der Waals surface area contributed by atoms with Gasteiger partial charge in [-0.15, -0.1) is 0 Å². The monoisotopic (exact) mass is 341 g/mol. The number of aromatic nitrogens is 2. The Labute approximate surface area is 149 Å². The van der Waals surface area contributed by atoms with Crippen molar-refractivity contribution in [2.75, 3.05) is 44.5 Å². The number of nitrogens with zero attached hydrogens (tertiary/aromatic N) is 4. The zero-order chi connectivity index (χ0) is 17.6. The first-order valence-electron chi connectivity index (χ1n) is 8.77. The summed E-state index contributed by atoms with van der Waals surface area (Å²) in [5.41, 5.74) is 1.23. The molecule has 0 saturated carbocycles. The molecule has 1 aromatic carbocycles. The van der Waals surface area contributed by atoms with E-state index in [1.54, 1.807) is 13.3 Å². The molecular formula is C19H27N5O. The van der Waals surface area contributed by atoms with E-state index in [-0.39, 0.29) is 0 Å². The third-order valence-corrected chi connectivity index (χ3v) is 4.52. The SMILES string of the molecule is COc1ccccc1CN1CCCC(Nc2nccc(N(C)C)n2)C1. The second kappa shape index (κ2) is 8.16. The molecule has 1 fully saturated rings. The Morgan fingerprint density at radius 3 is 2.92 bits per heavy atom. The highest BCUT2D eigenvalue weighted by molar-refractivity contribution is 5.41. The highest BCUT2D eigenvalue weighted by Gasteiger charge is 2.21. The molecule has 6 heteroatoms. The number of piperidine rings is 1. The van der Waals surface area contributed by atoms with Crippen LogP contribution in [-0.4, -0.2) is 55.2 Å². The first kappa shape index (κ1) is 17.5. The molecule has 0 spiro atoms. The van der Waals surface area contributed by atoms with Crippen molar-refractivity contribution in [2.24, 2.45) is 0 Å². The van der Waals surface area contributed by atoms with Gasteiger partial charge >= 0.3 is 0 Å². The first-order valence-corrected chi connectivity index (χ1v) is 8.77. The van der Waals surface area contributed by atoms with E-state index in [9.17, 15) is 0 Å². The van der Waals surface area contributed by atoms with Gasteiger partial charge in [-0.3, -0.25) is 4.90 Å². The third-order valence-electron chi connectivity index (χ3n) is 4.52. The Hall–Kier alpha value is -2.34. The molecule has 0 bridgehead atoms. The van der Waals surface area contributed by atoms with Crippen molar-refractivity contribution in [2.45, 2.75) is 25.4 Å². The molecule has 134 valence electrons. The van der Waals surface area contributed by atoms with Crippen LogP contribution in [0.3, 0.4) is 0 Å². The molecule has 2 heterocycles. The van der Waals surface area contributed by atoms with Gasteiger partial charge in [-0.2, -0.15) is 4.98 Å². The van der Waals surface area contributed by atoms with Gasteiger partial charge in [0.2, 0.25) is 5.95 Å². The number of ether oxygens (including phenoxy) is 1. The van der Waals surface area contributed by atoms with Crippen molar-refractivity contribution >= 4 is 11.8 Å². The van der Waals surface area contributed by atoms with Crippen molar-refractivity contribution in [1.82, 2.24) is 14.9 Å². The van der Waals surface area contributed by atoms with Gasteiger partial charge in [0.1, 0.15) is 11.6 Å². The van der Waals surface area contributed by atoms with Crippen LogP contribution in [0.2, 0.25) is 0 Å². The summed E-state index contributed by atoms with van der Waals surface area (Å²) in [6, 6.07) is 10.5. The summed E-state index contributed by atoms with van der Waals surface area (Å²) in [4.78, 5) is 13.4. The summed E-state index contributed by atoms with van der Waals surface area (Å²) in [5, 5.41) is 3.50. The molecule has 0 aliphatic carbocycles. The van der Waals surface area contributed by atoms with Crippen LogP contribution >= 0.6 is 0 Å². The van der Waals surface area contributed by atoms with Gasteiger partial charge in [-0.25, -0.2) is 4.98 Å². The van der Waals surface area contributed by atoms with Crippen molar-refractivity contribution in [3.63, 3.8) is 0 Å². The van der Waals surface area contributed by atoms with E-state index in [0.29, 0.717) is 12.0 Å². The van der Waals surface area contributed by atoms with Crippen LogP contribution in [0, 0.1) is 0 Å². The van der Waals surface area contributed by atoms with Gasteiger partial charge < -0.3 is 15.0 Å². The lowest BCUT2D eigenvalue weighted by Crippen LogP contribution is -2.42. The number of anilines is 2. The van der Waals surface area contributed by atoms with E-state index in [1.807, 2.05) is 37.2 Å². The number of likely N-dealkylation sites (tertiary alicyclic amines) is 1. The average Bonchev–Trinajstić information content (AvgIpc) is 2.63. The molecule has 1 unspecified atom stereocenters. The molecule has 1 aliphatic rings. The molecule has 25 heavy (non-hydrogen) atoms. The molecular weight excluding hydrogens is 314 g/mol. The minimum Gasteiger partial charge on any atom is -0.496 e. The molecule has 1 aliphatic heterocycles. The summed E-state index contributed by atoms with van der Waals surface area (Å²) in [7, 11) is 5.71. The van der Waals surface area contributed by atoms with Gasteiger partial charge in [-0.1, -0.05) is 18.2 Å². The lowest BCUT2D eigenvalue weighted by Gasteiger charge is -2.33. The third kappa shape index (κ3) is 4.60. The number of hydrogen-bond donors (Lipinski definition) is 1. The predicted octanol–water partition coefficient (Wildman–Crippen LogP) is 2.63. The zero-order valence-electron chi connectivity index (χ0n) is 15.3. The topological polar surface area (TPSA) is 53.5 Å². The van der Waals surface area contributed by atoms with Gasteiger partial charge in [0, 0.05) is 45.0 Å². The Balaban J connectivity index is 1.62. The summed E-state index contributed by atoms with van der Waals surface area (Å²) in [6.45, 7) is 2.99. The largest absolute Gasteiger partial charge is 0.496 e. The second-order valence-corrected chi connectivity index (χ2v) is 6.66. The molecule has 6 nitrogen and oxygen atoms in total. The quantitative estimate of drug-likeness (QED) is 0.872. The maximum Gasteiger partial charge on any atom is 0.224 e.